The van der Waals surface area contributed by atoms with Crippen LogP contribution in [0.3, 0.4) is 0 Å². The molecule has 0 aliphatic rings. The smallest absolute Gasteiger partial charge is 0.475 e. The highest BCUT2D eigenvalue weighted by Gasteiger charge is 2.38. The number of alkyl halides is 6. The SMILES string of the molecule is N[C@H](Cc1cccc(Br)c1)C(=O)Nc1ccc(-c2cn[nH]c2)cc1.O=C(O)C(F)(F)F.O=C(O)C(F)(F)F. The first-order valence-corrected chi connectivity index (χ1v) is 10.8. The molecule has 1 heterocycles. The van der Waals surface area contributed by atoms with E-state index in [-0.39, 0.29) is 5.91 Å². The van der Waals surface area contributed by atoms with Crippen LogP contribution in [0.15, 0.2) is 65.4 Å². The Morgan fingerprint density at radius 3 is 1.89 bits per heavy atom. The lowest BCUT2D eigenvalue weighted by Crippen LogP contribution is -2.37. The number of anilines is 1. The standard InChI is InChI=1S/C18H17BrN4O.2C2HF3O2/c19-15-3-1-2-12(8-15)9-17(20)18(24)23-16-6-4-13(5-7-16)14-10-21-22-11-14;2*3-2(4,5)1(6)7/h1-8,10-11,17H,9,20H2,(H,21,22)(H,23,24);2*(H,6,7)/t17-;;/m1../s1. The van der Waals surface area contributed by atoms with Crippen molar-refractivity contribution in [3.63, 3.8) is 0 Å². The monoisotopic (exact) mass is 612 g/mol. The second kappa shape index (κ2) is 14.1. The average Bonchev–Trinajstić information content (AvgIpc) is 3.34. The van der Waals surface area contributed by atoms with E-state index in [9.17, 15) is 31.1 Å². The second-order valence-corrected chi connectivity index (χ2v) is 8.02. The molecule has 1 aromatic heterocycles. The molecule has 16 heteroatoms. The summed E-state index contributed by atoms with van der Waals surface area (Å²) in [6.07, 6.45) is -6.11. The zero-order valence-electron chi connectivity index (χ0n) is 18.8. The third-order valence-electron chi connectivity index (χ3n) is 4.15. The average molecular weight is 613 g/mol. The highest BCUT2D eigenvalue weighted by molar-refractivity contribution is 9.10. The topological polar surface area (TPSA) is 158 Å². The third-order valence-corrected chi connectivity index (χ3v) is 4.64. The van der Waals surface area contributed by atoms with Gasteiger partial charge in [0.15, 0.2) is 0 Å². The summed E-state index contributed by atoms with van der Waals surface area (Å²) in [4.78, 5) is 30.0. The van der Waals surface area contributed by atoms with Crippen molar-refractivity contribution in [2.45, 2.75) is 24.8 Å². The number of benzene rings is 2. The second-order valence-electron chi connectivity index (χ2n) is 7.10. The lowest BCUT2D eigenvalue weighted by molar-refractivity contribution is -0.193. The predicted octanol–water partition coefficient (Wildman–Crippen LogP) is 4.61. The first-order valence-electron chi connectivity index (χ1n) is 10.0. The molecule has 38 heavy (non-hydrogen) atoms. The molecular weight excluding hydrogens is 594 g/mol. The minimum absolute atomic E-state index is 0.203. The normalized spacial score (nSPS) is 11.7. The first-order chi connectivity index (χ1) is 17.5. The van der Waals surface area contributed by atoms with E-state index in [0.717, 1.165) is 26.9 Å². The Morgan fingerprint density at radius 1 is 0.947 bits per heavy atom. The van der Waals surface area contributed by atoms with Gasteiger partial charge in [-0.05, 0) is 41.8 Å². The number of aromatic amines is 1. The van der Waals surface area contributed by atoms with Crippen molar-refractivity contribution in [1.29, 1.82) is 0 Å². The van der Waals surface area contributed by atoms with Gasteiger partial charge in [-0.1, -0.05) is 40.2 Å². The minimum atomic E-state index is -5.08. The molecule has 0 fully saturated rings. The van der Waals surface area contributed by atoms with Crippen LogP contribution in [-0.4, -0.2) is 56.7 Å². The van der Waals surface area contributed by atoms with Crippen LogP contribution in [0.2, 0.25) is 0 Å². The summed E-state index contributed by atoms with van der Waals surface area (Å²) < 4.78 is 64.4. The first kappa shape index (κ1) is 32.1. The van der Waals surface area contributed by atoms with Crippen LogP contribution >= 0.6 is 15.9 Å². The molecule has 3 aromatic rings. The van der Waals surface area contributed by atoms with Crippen molar-refractivity contribution in [2.24, 2.45) is 5.73 Å². The Morgan fingerprint density at radius 2 is 1.47 bits per heavy atom. The highest BCUT2D eigenvalue weighted by atomic mass is 79.9. The molecule has 0 saturated heterocycles. The number of carboxylic acids is 2. The maximum absolute atomic E-state index is 12.3. The zero-order chi connectivity index (χ0) is 29.1. The summed E-state index contributed by atoms with van der Waals surface area (Å²) in [5.41, 5.74) is 9.78. The van der Waals surface area contributed by atoms with Gasteiger partial charge in [0.1, 0.15) is 0 Å². The molecule has 0 radical (unpaired) electrons. The number of hydrogen-bond donors (Lipinski definition) is 5. The van der Waals surface area contributed by atoms with Crippen LogP contribution in [0.4, 0.5) is 32.0 Å². The van der Waals surface area contributed by atoms with E-state index >= 15 is 0 Å². The molecule has 3 rings (SSSR count). The van der Waals surface area contributed by atoms with E-state index in [2.05, 4.69) is 31.4 Å². The maximum Gasteiger partial charge on any atom is 0.490 e. The summed E-state index contributed by atoms with van der Waals surface area (Å²) in [6, 6.07) is 14.8. The summed E-state index contributed by atoms with van der Waals surface area (Å²) in [7, 11) is 0. The fourth-order valence-corrected chi connectivity index (χ4v) is 2.85. The molecule has 1 atom stereocenters. The van der Waals surface area contributed by atoms with Crippen LogP contribution in [0.1, 0.15) is 5.56 Å². The maximum atomic E-state index is 12.3. The Hall–Kier alpha value is -3.92. The summed E-state index contributed by atoms with van der Waals surface area (Å²) >= 11 is 3.42. The quantitative estimate of drug-likeness (QED) is 0.263. The number of aromatic nitrogens is 2. The largest absolute Gasteiger partial charge is 0.490 e. The van der Waals surface area contributed by atoms with Gasteiger partial charge in [-0.2, -0.15) is 31.4 Å². The molecule has 2 aromatic carbocycles. The van der Waals surface area contributed by atoms with E-state index in [1.807, 2.05) is 54.7 Å². The molecule has 0 bridgehead atoms. The van der Waals surface area contributed by atoms with Crippen molar-refractivity contribution in [1.82, 2.24) is 10.2 Å². The molecule has 0 spiro atoms. The van der Waals surface area contributed by atoms with Crippen LogP contribution in [-0.2, 0) is 20.8 Å². The fourth-order valence-electron chi connectivity index (χ4n) is 2.40. The Bertz CT molecular complexity index is 1180. The molecule has 206 valence electrons. The van der Waals surface area contributed by atoms with Crippen molar-refractivity contribution in [2.75, 3.05) is 5.32 Å². The Balaban J connectivity index is 0.000000426. The number of carbonyl (C=O) groups is 3. The van der Waals surface area contributed by atoms with Gasteiger partial charge in [0.2, 0.25) is 5.91 Å². The molecule has 0 saturated carbocycles. The highest BCUT2D eigenvalue weighted by Crippen LogP contribution is 2.20. The van der Waals surface area contributed by atoms with Gasteiger partial charge in [-0.15, -0.1) is 0 Å². The fraction of sp³-hybridized carbons (Fsp3) is 0.182. The summed E-state index contributed by atoms with van der Waals surface area (Å²) in [5.74, 6) is -5.72. The van der Waals surface area contributed by atoms with Gasteiger partial charge in [0.05, 0.1) is 12.2 Å². The van der Waals surface area contributed by atoms with Crippen molar-refractivity contribution < 1.29 is 50.9 Å². The molecule has 1 amide bonds. The Labute approximate surface area is 218 Å². The van der Waals surface area contributed by atoms with Crippen LogP contribution < -0.4 is 11.1 Å². The number of nitrogens with two attached hydrogens (primary N) is 1. The van der Waals surface area contributed by atoms with Gasteiger partial charge in [0.25, 0.3) is 0 Å². The van der Waals surface area contributed by atoms with E-state index in [0.29, 0.717) is 6.42 Å². The molecular formula is C22H19BrF6N4O5. The Kier molecular flexibility index (Phi) is 11.9. The van der Waals surface area contributed by atoms with Crippen LogP contribution in [0.5, 0.6) is 0 Å². The molecule has 6 N–H and O–H groups in total. The van der Waals surface area contributed by atoms with Gasteiger partial charge >= 0.3 is 24.3 Å². The van der Waals surface area contributed by atoms with E-state index in [4.69, 9.17) is 25.5 Å². The lowest BCUT2D eigenvalue weighted by Gasteiger charge is -2.13. The van der Waals surface area contributed by atoms with E-state index < -0.39 is 30.3 Å². The number of carboxylic acid groups (broad SMARTS) is 2. The third kappa shape index (κ3) is 11.9. The van der Waals surface area contributed by atoms with Crippen molar-refractivity contribution in [3.05, 3.63) is 71.0 Å². The number of H-pyrrole nitrogens is 1. The minimum Gasteiger partial charge on any atom is -0.475 e. The molecule has 0 aliphatic heterocycles. The van der Waals surface area contributed by atoms with Gasteiger partial charge in [-0.3, -0.25) is 9.89 Å². The number of rotatable bonds is 5. The number of amides is 1. The van der Waals surface area contributed by atoms with E-state index in [1.54, 1.807) is 6.20 Å². The van der Waals surface area contributed by atoms with Gasteiger partial charge < -0.3 is 21.3 Å². The van der Waals surface area contributed by atoms with Crippen molar-refractivity contribution in [3.8, 4) is 11.1 Å². The number of hydrogen-bond acceptors (Lipinski definition) is 5. The summed E-state index contributed by atoms with van der Waals surface area (Å²) in [6.45, 7) is 0. The number of nitrogens with zero attached hydrogens (tertiary/aromatic N) is 1. The number of nitrogens with one attached hydrogen (secondary N) is 2. The van der Waals surface area contributed by atoms with Gasteiger partial charge in [-0.25, -0.2) is 9.59 Å². The van der Waals surface area contributed by atoms with Crippen LogP contribution in [0.25, 0.3) is 11.1 Å². The van der Waals surface area contributed by atoms with E-state index in [1.165, 1.54) is 0 Å². The zero-order valence-corrected chi connectivity index (χ0v) is 20.4. The van der Waals surface area contributed by atoms with Crippen LogP contribution in [0, 0.1) is 0 Å². The lowest BCUT2D eigenvalue weighted by atomic mass is 10.1. The number of aliphatic carboxylic acids is 2. The van der Waals surface area contributed by atoms with Crippen molar-refractivity contribution >= 4 is 39.5 Å². The molecule has 0 unspecified atom stereocenters. The molecule has 0 aliphatic carbocycles. The van der Waals surface area contributed by atoms with Gasteiger partial charge in [0, 0.05) is 21.9 Å². The number of carbonyl (C=O) groups excluding carboxylic acids is 1. The summed E-state index contributed by atoms with van der Waals surface area (Å²) in [5, 5.41) is 23.8. The number of halogens is 7. The molecule has 9 nitrogen and oxygen atoms in total. The predicted molar refractivity (Wildman–Crippen MR) is 126 cm³/mol.